The van der Waals surface area contributed by atoms with Crippen LogP contribution in [-0.2, 0) is 4.79 Å². The van der Waals surface area contributed by atoms with E-state index in [-0.39, 0.29) is 11.3 Å². The first-order chi connectivity index (χ1) is 7.65. The van der Waals surface area contributed by atoms with Crippen LogP contribution < -0.4 is 5.73 Å². The Morgan fingerprint density at radius 3 is 1.44 bits per heavy atom. The summed E-state index contributed by atoms with van der Waals surface area (Å²) in [6.07, 6.45) is 13.6. The van der Waals surface area contributed by atoms with E-state index in [1.165, 1.54) is 57.8 Å². The molecule has 2 N–H and O–H groups in total. The Hall–Kier alpha value is -0.530. The summed E-state index contributed by atoms with van der Waals surface area (Å²) < 4.78 is 0. The van der Waals surface area contributed by atoms with Gasteiger partial charge >= 0.3 is 0 Å². The van der Waals surface area contributed by atoms with Crippen LogP contribution in [0.4, 0.5) is 0 Å². The van der Waals surface area contributed by atoms with Gasteiger partial charge in [0.2, 0.25) is 5.91 Å². The Morgan fingerprint density at radius 2 is 1.12 bits per heavy atom. The van der Waals surface area contributed by atoms with Crippen molar-refractivity contribution in [3.05, 3.63) is 0 Å². The fourth-order valence-corrected chi connectivity index (χ4v) is 2.64. The zero-order chi connectivity index (χ0) is 11.9. The minimum atomic E-state index is -0.237. The van der Waals surface area contributed by atoms with Crippen molar-refractivity contribution in [1.82, 2.24) is 0 Å². The quantitative estimate of drug-likeness (QED) is 0.725. The van der Waals surface area contributed by atoms with E-state index in [1.807, 2.05) is 0 Å². The van der Waals surface area contributed by atoms with Gasteiger partial charge in [-0.25, -0.2) is 0 Å². The highest BCUT2D eigenvalue weighted by Gasteiger charge is 2.29. The lowest BCUT2D eigenvalue weighted by Gasteiger charge is -2.26. The molecule has 1 aliphatic carbocycles. The van der Waals surface area contributed by atoms with Crippen LogP contribution in [0.1, 0.15) is 77.6 Å². The van der Waals surface area contributed by atoms with E-state index in [0.29, 0.717) is 0 Å². The summed E-state index contributed by atoms with van der Waals surface area (Å²) in [6.45, 7) is 2.06. The molecule has 1 amide bonds. The summed E-state index contributed by atoms with van der Waals surface area (Å²) in [5.74, 6) is -0.0930. The molecule has 1 fully saturated rings. The molecule has 16 heavy (non-hydrogen) atoms. The standard InChI is InChI=1S/C14H27NO/c1-14(13(15)16)11-9-7-5-3-2-4-6-8-10-12-14/h2-12H2,1H3,(H2,15,16). The molecule has 0 aromatic heterocycles. The zero-order valence-electron chi connectivity index (χ0n) is 10.8. The van der Waals surface area contributed by atoms with Gasteiger partial charge in [0.25, 0.3) is 0 Å². The summed E-state index contributed by atoms with van der Waals surface area (Å²) in [6, 6.07) is 0. The number of carbonyl (C=O) groups is 1. The SMILES string of the molecule is CC1(C(N)=O)CCCCCCCCCCC1. The summed E-state index contributed by atoms with van der Waals surface area (Å²) in [5, 5.41) is 0. The minimum absolute atomic E-state index is 0.0930. The van der Waals surface area contributed by atoms with E-state index in [4.69, 9.17) is 5.73 Å². The van der Waals surface area contributed by atoms with Crippen LogP contribution in [-0.4, -0.2) is 5.91 Å². The van der Waals surface area contributed by atoms with Crippen LogP contribution in [0.5, 0.6) is 0 Å². The van der Waals surface area contributed by atoms with Gasteiger partial charge in [-0.15, -0.1) is 0 Å². The number of rotatable bonds is 1. The molecule has 0 atom stereocenters. The van der Waals surface area contributed by atoms with E-state index < -0.39 is 0 Å². The second kappa shape index (κ2) is 6.93. The van der Waals surface area contributed by atoms with Crippen molar-refractivity contribution in [2.24, 2.45) is 11.1 Å². The normalized spacial score (nSPS) is 24.1. The molecule has 94 valence electrons. The molecule has 0 saturated heterocycles. The first-order valence-electron chi connectivity index (χ1n) is 6.95. The topological polar surface area (TPSA) is 43.1 Å². The van der Waals surface area contributed by atoms with Crippen molar-refractivity contribution < 1.29 is 4.79 Å². The molecule has 2 nitrogen and oxygen atoms in total. The average molecular weight is 225 g/mol. The summed E-state index contributed by atoms with van der Waals surface area (Å²) in [7, 11) is 0. The van der Waals surface area contributed by atoms with Crippen LogP contribution in [0.3, 0.4) is 0 Å². The summed E-state index contributed by atoms with van der Waals surface area (Å²) in [5.41, 5.74) is 5.31. The van der Waals surface area contributed by atoms with Gasteiger partial charge in [0.05, 0.1) is 0 Å². The molecule has 0 heterocycles. The molecule has 0 radical (unpaired) electrons. The van der Waals surface area contributed by atoms with Crippen molar-refractivity contribution in [3.63, 3.8) is 0 Å². The maximum absolute atomic E-state index is 11.5. The Balaban J connectivity index is 2.45. The van der Waals surface area contributed by atoms with Crippen molar-refractivity contribution in [2.75, 3.05) is 0 Å². The molecule has 0 spiro atoms. The van der Waals surface area contributed by atoms with Crippen molar-refractivity contribution in [1.29, 1.82) is 0 Å². The molecule has 1 saturated carbocycles. The largest absolute Gasteiger partial charge is 0.369 e. The van der Waals surface area contributed by atoms with Gasteiger partial charge in [0.1, 0.15) is 0 Å². The first kappa shape index (κ1) is 13.5. The number of amides is 1. The summed E-state index contributed by atoms with van der Waals surface area (Å²) in [4.78, 5) is 11.5. The average Bonchev–Trinajstić information content (AvgIpc) is 2.23. The first-order valence-corrected chi connectivity index (χ1v) is 6.95. The van der Waals surface area contributed by atoms with Gasteiger partial charge in [-0.2, -0.15) is 0 Å². The molecule has 1 aliphatic rings. The minimum Gasteiger partial charge on any atom is -0.369 e. The van der Waals surface area contributed by atoms with Crippen LogP contribution in [0.2, 0.25) is 0 Å². The molecule has 0 aromatic rings. The second-order valence-corrected chi connectivity index (χ2v) is 5.61. The lowest BCUT2D eigenvalue weighted by Crippen LogP contribution is -2.34. The van der Waals surface area contributed by atoms with Crippen LogP contribution >= 0.6 is 0 Å². The molecule has 0 unspecified atom stereocenters. The van der Waals surface area contributed by atoms with E-state index in [0.717, 1.165) is 12.8 Å². The molecule has 1 rings (SSSR count). The monoisotopic (exact) mass is 225 g/mol. The highest BCUT2D eigenvalue weighted by atomic mass is 16.1. The predicted molar refractivity (Wildman–Crippen MR) is 68.1 cm³/mol. The summed E-state index contributed by atoms with van der Waals surface area (Å²) >= 11 is 0. The van der Waals surface area contributed by atoms with E-state index in [2.05, 4.69) is 6.92 Å². The molecule has 0 bridgehead atoms. The fraction of sp³-hybridized carbons (Fsp3) is 0.929. The lowest BCUT2D eigenvalue weighted by atomic mass is 9.79. The smallest absolute Gasteiger partial charge is 0.223 e. The van der Waals surface area contributed by atoms with Gasteiger partial charge in [0, 0.05) is 5.41 Å². The lowest BCUT2D eigenvalue weighted by molar-refractivity contribution is -0.127. The highest BCUT2D eigenvalue weighted by molar-refractivity contribution is 5.80. The number of nitrogens with two attached hydrogens (primary N) is 1. The number of hydrogen-bond acceptors (Lipinski definition) is 1. The second-order valence-electron chi connectivity index (χ2n) is 5.61. The van der Waals surface area contributed by atoms with Gasteiger partial charge in [-0.05, 0) is 12.8 Å². The Labute approximate surface area is 100.0 Å². The molecule has 0 aliphatic heterocycles. The van der Waals surface area contributed by atoms with Gasteiger partial charge in [0.15, 0.2) is 0 Å². The number of carbonyl (C=O) groups excluding carboxylic acids is 1. The van der Waals surface area contributed by atoms with E-state index in [9.17, 15) is 4.79 Å². The van der Waals surface area contributed by atoms with Gasteiger partial charge in [-0.1, -0.05) is 64.7 Å². The predicted octanol–water partition coefficient (Wildman–Crippen LogP) is 3.78. The van der Waals surface area contributed by atoms with E-state index in [1.54, 1.807) is 0 Å². The van der Waals surface area contributed by atoms with Crippen LogP contribution in [0.25, 0.3) is 0 Å². The highest BCUT2D eigenvalue weighted by Crippen LogP contribution is 2.31. The molecular weight excluding hydrogens is 198 g/mol. The Kier molecular flexibility index (Phi) is 5.86. The van der Waals surface area contributed by atoms with Crippen LogP contribution in [0.15, 0.2) is 0 Å². The van der Waals surface area contributed by atoms with Crippen molar-refractivity contribution >= 4 is 5.91 Å². The zero-order valence-corrected chi connectivity index (χ0v) is 10.8. The maximum atomic E-state index is 11.5. The fourth-order valence-electron chi connectivity index (χ4n) is 2.64. The molecule has 2 heteroatoms. The number of hydrogen-bond donors (Lipinski definition) is 1. The van der Waals surface area contributed by atoms with Gasteiger partial charge in [-0.3, -0.25) is 4.79 Å². The van der Waals surface area contributed by atoms with Crippen molar-refractivity contribution in [3.8, 4) is 0 Å². The number of primary amides is 1. The van der Waals surface area contributed by atoms with E-state index >= 15 is 0 Å². The third-order valence-corrected chi connectivity index (χ3v) is 4.05. The van der Waals surface area contributed by atoms with Gasteiger partial charge < -0.3 is 5.73 Å². The maximum Gasteiger partial charge on any atom is 0.223 e. The Bertz CT molecular complexity index is 201. The third kappa shape index (κ3) is 4.54. The van der Waals surface area contributed by atoms with Crippen molar-refractivity contribution in [2.45, 2.75) is 77.6 Å². The van der Waals surface area contributed by atoms with Crippen LogP contribution in [0, 0.1) is 5.41 Å². The Morgan fingerprint density at radius 1 is 0.812 bits per heavy atom. The molecular formula is C14H27NO. The molecule has 0 aromatic carbocycles. The third-order valence-electron chi connectivity index (χ3n) is 4.05.